The second kappa shape index (κ2) is 15.2. The van der Waals surface area contributed by atoms with Gasteiger partial charge in [0.05, 0.1) is 27.8 Å². The lowest BCUT2D eigenvalue weighted by molar-refractivity contribution is -0.127. The zero-order valence-corrected chi connectivity index (χ0v) is 27.7. The Kier molecular flexibility index (Phi) is 11.4. The van der Waals surface area contributed by atoms with Gasteiger partial charge < -0.3 is 20.1 Å². The molecule has 1 aliphatic heterocycles. The van der Waals surface area contributed by atoms with Crippen molar-refractivity contribution in [2.24, 2.45) is 0 Å². The number of benzene rings is 3. The first-order valence-electron chi connectivity index (χ1n) is 13.8. The van der Waals surface area contributed by atoms with Gasteiger partial charge in [0.2, 0.25) is 5.91 Å². The third-order valence-electron chi connectivity index (χ3n) is 6.49. The molecule has 45 heavy (non-hydrogen) atoms. The molecule has 1 aliphatic rings. The van der Waals surface area contributed by atoms with E-state index in [2.05, 4.69) is 26.6 Å². The third kappa shape index (κ3) is 8.96. The van der Waals surface area contributed by atoms with Crippen LogP contribution in [0.4, 0.5) is 16.2 Å². The maximum atomic E-state index is 12.9. The van der Waals surface area contributed by atoms with Crippen LogP contribution in [0, 0.1) is 13.8 Å². The largest absolute Gasteiger partial charge is 0.484 e. The number of hydrogen-bond acceptors (Lipinski definition) is 8. The number of hydrogen-bond donors (Lipinski definition) is 2. The fourth-order valence-electron chi connectivity index (χ4n) is 4.04. The Hall–Kier alpha value is -4.13. The molecule has 0 saturated carbocycles. The molecule has 1 heterocycles. The minimum absolute atomic E-state index is 0.0854. The van der Waals surface area contributed by atoms with Crippen molar-refractivity contribution in [2.45, 2.75) is 27.2 Å². The first kappa shape index (κ1) is 33.8. The number of anilines is 2. The standard InChI is InChI=1S/C32H29BrClN3O7S/c1-4-11-43-31(41)23-15-21(7-10-25(23)34)35-28(38)16-37-30(40)27(45-32(37)42)14-20-5-8-22(9-6-20)44-17-29(39)36-26-13-19(3)18(2)12-24(26)33/h5-10,12-15H,4,11,16-17H2,1-3H3,(H,35,38)(H,36,39)/b27-14+. The van der Waals surface area contributed by atoms with Crippen molar-refractivity contribution >= 4 is 85.7 Å². The Balaban J connectivity index is 1.32. The molecule has 0 aromatic heterocycles. The zero-order valence-electron chi connectivity index (χ0n) is 24.6. The Morgan fingerprint density at radius 1 is 0.978 bits per heavy atom. The number of imide groups is 1. The van der Waals surface area contributed by atoms with Gasteiger partial charge in [-0.2, -0.15) is 0 Å². The Morgan fingerprint density at radius 2 is 1.69 bits per heavy atom. The summed E-state index contributed by atoms with van der Waals surface area (Å²) in [5.41, 5.74) is 3.75. The van der Waals surface area contributed by atoms with E-state index in [0.717, 1.165) is 20.5 Å². The maximum Gasteiger partial charge on any atom is 0.339 e. The summed E-state index contributed by atoms with van der Waals surface area (Å²) in [5, 5.41) is 4.96. The number of esters is 1. The Morgan fingerprint density at radius 3 is 2.40 bits per heavy atom. The Bertz CT molecular complexity index is 1690. The number of thioether (sulfide) groups is 1. The van der Waals surface area contributed by atoms with E-state index in [1.165, 1.54) is 24.3 Å². The van der Waals surface area contributed by atoms with Crippen LogP contribution in [0.1, 0.15) is 40.4 Å². The predicted molar refractivity (Wildman–Crippen MR) is 178 cm³/mol. The topological polar surface area (TPSA) is 131 Å². The maximum absolute atomic E-state index is 12.9. The van der Waals surface area contributed by atoms with Crippen molar-refractivity contribution in [1.29, 1.82) is 0 Å². The van der Waals surface area contributed by atoms with E-state index in [9.17, 15) is 24.0 Å². The van der Waals surface area contributed by atoms with Gasteiger partial charge in [-0.25, -0.2) is 4.79 Å². The Labute approximate surface area is 277 Å². The van der Waals surface area contributed by atoms with Gasteiger partial charge in [0.25, 0.3) is 17.1 Å². The lowest BCUT2D eigenvalue weighted by atomic mass is 10.1. The van der Waals surface area contributed by atoms with Gasteiger partial charge in [0.15, 0.2) is 6.61 Å². The summed E-state index contributed by atoms with van der Waals surface area (Å²) >= 11 is 10.3. The second-order valence-electron chi connectivity index (χ2n) is 9.97. The molecule has 2 N–H and O–H groups in total. The molecule has 0 bridgehead atoms. The first-order valence-corrected chi connectivity index (χ1v) is 15.7. The van der Waals surface area contributed by atoms with Gasteiger partial charge in [0.1, 0.15) is 12.3 Å². The van der Waals surface area contributed by atoms with E-state index < -0.39 is 29.6 Å². The highest BCUT2D eigenvalue weighted by atomic mass is 79.9. The summed E-state index contributed by atoms with van der Waals surface area (Å²) < 4.78 is 11.5. The van der Waals surface area contributed by atoms with Gasteiger partial charge in [-0.3, -0.25) is 24.1 Å². The van der Waals surface area contributed by atoms with E-state index >= 15 is 0 Å². The van der Waals surface area contributed by atoms with Crippen molar-refractivity contribution in [1.82, 2.24) is 4.90 Å². The van der Waals surface area contributed by atoms with E-state index in [4.69, 9.17) is 21.1 Å². The molecule has 1 saturated heterocycles. The minimum Gasteiger partial charge on any atom is -0.484 e. The summed E-state index contributed by atoms with van der Waals surface area (Å²) in [5.74, 6) is -1.76. The monoisotopic (exact) mass is 713 g/mol. The number of ether oxygens (including phenoxy) is 2. The molecule has 0 spiro atoms. The van der Waals surface area contributed by atoms with Crippen molar-refractivity contribution < 1.29 is 33.4 Å². The number of carbonyl (C=O) groups excluding carboxylic acids is 5. The first-order chi connectivity index (χ1) is 21.4. The number of rotatable bonds is 11. The molecule has 4 rings (SSSR count). The normalized spacial score (nSPS) is 13.6. The van der Waals surface area contributed by atoms with Crippen LogP contribution >= 0.6 is 39.3 Å². The molecular formula is C32H29BrClN3O7S. The molecule has 1 fully saturated rings. The van der Waals surface area contributed by atoms with Crippen molar-refractivity contribution in [3.63, 3.8) is 0 Å². The highest BCUT2D eigenvalue weighted by Gasteiger charge is 2.36. The van der Waals surface area contributed by atoms with Gasteiger partial charge in [0, 0.05) is 10.2 Å². The molecule has 4 amide bonds. The lowest BCUT2D eigenvalue weighted by Gasteiger charge is -2.13. The van der Waals surface area contributed by atoms with Crippen LogP contribution in [-0.2, 0) is 19.1 Å². The number of nitrogens with zero attached hydrogens (tertiary/aromatic N) is 1. The smallest absolute Gasteiger partial charge is 0.339 e. The highest BCUT2D eigenvalue weighted by molar-refractivity contribution is 9.10. The number of nitrogens with one attached hydrogen (secondary N) is 2. The minimum atomic E-state index is -0.635. The summed E-state index contributed by atoms with van der Waals surface area (Å²) in [6, 6.07) is 14.8. The van der Waals surface area contributed by atoms with Gasteiger partial charge >= 0.3 is 5.97 Å². The molecule has 10 nitrogen and oxygen atoms in total. The highest BCUT2D eigenvalue weighted by Crippen LogP contribution is 2.32. The molecule has 3 aromatic carbocycles. The van der Waals surface area contributed by atoms with E-state index in [1.54, 1.807) is 24.3 Å². The van der Waals surface area contributed by atoms with Gasteiger partial charge in [-0.15, -0.1) is 0 Å². The average molecular weight is 715 g/mol. The summed E-state index contributed by atoms with van der Waals surface area (Å²) in [6.45, 7) is 5.30. The molecule has 3 aromatic rings. The lowest BCUT2D eigenvalue weighted by Crippen LogP contribution is -2.36. The summed E-state index contributed by atoms with van der Waals surface area (Å²) in [7, 11) is 0. The van der Waals surface area contributed by atoms with Crippen molar-refractivity contribution in [2.75, 3.05) is 30.4 Å². The van der Waals surface area contributed by atoms with Crippen molar-refractivity contribution in [3.8, 4) is 5.75 Å². The quantitative estimate of drug-likeness (QED) is 0.161. The van der Waals surface area contributed by atoms with Crippen LogP contribution in [0.5, 0.6) is 5.75 Å². The van der Waals surface area contributed by atoms with Gasteiger partial charge in [-0.1, -0.05) is 30.7 Å². The molecule has 0 radical (unpaired) electrons. The summed E-state index contributed by atoms with van der Waals surface area (Å²) in [6.07, 6.45) is 2.17. The fourth-order valence-corrected chi connectivity index (χ4v) is 5.63. The number of halogens is 2. The predicted octanol–water partition coefficient (Wildman–Crippen LogP) is 6.98. The number of amides is 4. The average Bonchev–Trinajstić information content (AvgIpc) is 3.26. The van der Waals surface area contributed by atoms with E-state index in [-0.39, 0.29) is 40.3 Å². The molecule has 0 aliphatic carbocycles. The van der Waals surface area contributed by atoms with Crippen LogP contribution in [0.15, 0.2) is 64.0 Å². The molecule has 0 atom stereocenters. The van der Waals surface area contributed by atoms with Crippen LogP contribution < -0.4 is 15.4 Å². The van der Waals surface area contributed by atoms with Gasteiger partial charge in [-0.05, 0) is 113 Å². The summed E-state index contributed by atoms with van der Waals surface area (Å²) in [4.78, 5) is 63.8. The van der Waals surface area contributed by atoms with Crippen LogP contribution in [0.3, 0.4) is 0 Å². The van der Waals surface area contributed by atoms with Crippen LogP contribution in [-0.4, -0.2) is 53.6 Å². The molecular weight excluding hydrogens is 686 g/mol. The van der Waals surface area contributed by atoms with Crippen LogP contribution in [0.2, 0.25) is 5.02 Å². The fraction of sp³-hybridized carbons (Fsp3) is 0.219. The van der Waals surface area contributed by atoms with E-state index in [0.29, 0.717) is 35.2 Å². The van der Waals surface area contributed by atoms with E-state index in [1.807, 2.05) is 32.9 Å². The SMILES string of the molecule is CCCOC(=O)c1cc(NC(=O)CN2C(=O)S/C(=C/c3ccc(OCC(=O)Nc4cc(C)c(C)cc4Br)cc3)C2=O)ccc1Cl. The molecule has 234 valence electrons. The number of aryl methyl sites for hydroxylation is 2. The number of carbonyl (C=O) groups is 5. The molecule has 0 unspecified atom stereocenters. The van der Waals surface area contributed by atoms with Crippen LogP contribution in [0.25, 0.3) is 6.08 Å². The molecule has 13 heteroatoms. The zero-order chi connectivity index (χ0) is 32.7. The third-order valence-corrected chi connectivity index (χ3v) is 8.38. The second-order valence-corrected chi connectivity index (χ2v) is 12.2. The van der Waals surface area contributed by atoms with Crippen molar-refractivity contribution in [3.05, 3.63) is 91.3 Å².